The number of nitrogens with one attached hydrogen (secondary N) is 1. The molecule has 0 spiro atoms. The maximum Gasteiger partial charge on any atom is 0.251 e. The molecule has 1 atom stereocenters. The van der Waals surface area contributed by atoms with Crippen LogP contribution in [0.4, 0.5) is 0 Å². The van der Waals surface area contributed by atoms with Crippen molar-refractivity contribution in [3.8, 4) is 0 Å². The standard InChI is InChI=1S/C15H16ClNO3S/c1-20-9-10-3-2-4-11(7-10)15(19)17-8-12(18)13-5-6-14(16)21-13/h2-7,12,18H,8-9H2,1H3,(H,17,19)/t12-/m0/s1. The topological polar surface area (TPSA) is 58.6 Å². The second kappa shape index (κ2) is 7.56. The number of methoxy groups -OCH3 is 1. The average Bonchev–Trinajstić information content (AvgIpc) is 2.92. The zero-order chi connectivity index (χ0) is 15.2. The quantitative estimate of drug-likeness (QED) is 0.858. The Morgan fingerprint density at radius 2 is 2.24 bits per heavy atom. The molecule has 1 aromatic heterocycles. The van der Waals surface area contributed by atoms with Crippen LogP contribution in [0.25, 0.3) is 0 Å². The highest BCUT2D eigenvalue weighted by Gasteiger charge is 2.13. The molecule has 0 radical (unpaired) electrons. The van der Waals surface area contributed by atoms with Gasteiger partial charge in [-0.15, -0.1) is 11.3 Å². The van der Waals surface area contributed by atoms with Gasteiger partial charge in [-0.2, -0.15) is 0 Å². The number of carbonyl (C=O) groups is 1. The molecule has 21 heavy (non-hydrogen) atoms. The van der Waals surface area contributed by atoms with Crippen LogP contribution in [0.1, 0.15) is 26.9 Å². The fraction of sp³-hybridized carbons (Fsp3) is 0.267. The van der Waals surface area contributed by atoms with Crippen molar-refractivity contribution in [2.24, 2.45) is 0 Å². The van der Waals surface area contributed by atoms with Gasteiger partial charge in [0.2, 0.25) is 0 Å². The first kappa shape index (κ1) is 16.0. The average molecular weight is 326 g/mol. The Bertz CT molecular complexity index is 614. The Hall–Kier alpha value is -1.40. The fourth-order valence-corrected chi connectivity index (χ4v) is 2.92. The van der Waals surface area contributed by atoms with E-state index in [2.05, 4.69) is 5.32 Å². The van der Waals surface area contributed by atoms with Gasteiger partial charge in [-0.05, 0) is 29.8 Å². The van der Waals surface area contributed by atoms with E-state index in [0.29, 0.717) is 16.5 Å². The first-order valence-corrected chi connectivity index (χ1v) is 7.59. The highest BCUT2D eigenvalue weighted by atomic mass is 35.5. The lowest BCUT2D eigenvalue weighted by Gasteiger charge is -2.11. The van der Waals surface area contributed by atoms with Crippen molar-refractivity contribution in [2.75, 3.05) is 13.7 Å². The number of rotatable bonds is 6. The molecule has 2 rings (SSSR count). The first-order chi connectivity index (χ1) is 10.1. The smallest absolute Gasteiger partial charge is 0.251 e. The number of thiophene rings is 1. The lowest BCUT2D eigenvalue weighted by molar-refractivity contribution is 0.0917. The lowest BCUT2D eigenvalue weighted by Crippen LogP contribution is -2.28. The molecule has 0 fully saturated rings. The summed E-state index contributed by atoms with van der Waals surface area (Å²) in [4.78, 5) is 12.8. The number of aliphatic hydroxyl groups excluding tert-OH is 1. The van der Waals surface area contributed by atoms with E-state index >= 15 is 0 Å². The molecule has 2 aromatic rings. The number of hydrogen-bond donors (Lipinski definition) is 2. The summed E-state index contributed by atoms with van der Waals surface area (Å²) in [5.74, 6) is -0.227. The van der Waals surface area contributed by atoms with Crippen LogP contribution in [0.15, 0.2) is 36.4 Å². The van der Waals surface area contributed by atoms with Crippen molar-refractivity contribution >= 4 is 28.8 Å². The van der Waals surface area contributed by atoms with Gasteiger partial charge in [-0.3, -0.25) is 4.79 Å². The van der Waals surface area contributed by atoms with E-state index in [9.17, 15) is 9.90 Å². The van der Waals surface area contributed by atoms with Gasteiger partial charge < -0.3 is 15.2 Å². The van der Waals surface area contributed by atoms with Crippen LogP contribution >= 0.6 is 22.9 Å². The fourth-order valence-electron chi connectivity index (χ4n) is 1.87. The molecule has 0 aliphatic rings. The van der Waals surface area contributed by atoms with Crippen LogP contribution in [0.5, 0.6) is 0 Å². The van der Waals surface area contributed by atoms with Crippen LogP contribution in [0.3, 0.4) is 0 Å². The third-order valence-electron chi connectivity index (χ3n) is 2.88. The monoisotopic (exact) mass is 325 g/mol. The SMILES string of the molecule is COCc1cccc(C(=O)NC[C@H](O)c2ccc(Cl)s2)c1. The summed E-state index contributed by atoms with van der Waals surface area (Å²) in [5.41, 5.74) is 1.47. The summed E-state index contributed by atoms with van der Waals surface area (Å²) in [5, 5.41) is 12.7. The molecule has 6 heteroatoms. The number of benzene rings is 1. The Balaban J connectivity index is 1.93. The maximum atomic E-state index is 12.1. The van der Waals surface area contributed by atoms with Crippen molar-refractivity contribution in [1.82, 2.24) is 5.32 Å². The molecular weight excluding hydrogens is 310 g/mol. The molecule has 0 aliphatic carbocycles. The largest absolute Gasteiger partial charge is 0.386 e. The van der Waals surface area contributed by atoms with Crippen LogP contribution in [0, 0.1) is 0 Å². The van der Waals surface area contributed by atoms with E-state index in [0.717, 1.165) is 10.4 Å². The summed E-state index contributed by atoms with van der Waals surface area (Å²) < 4.78 is 5.65. The lowest BCUT2D eigenvalue weighted by atomic mass is 10.1. The second-order valence-corrected chi connectivity index (χ2v) is 6.25. The van der Waals surface area contributed by atoms with E-state index in [-0.39, 0.29) is 12.5 Å². The summed E-state index contributed by atoms with van der Waals surface area (Å²) >= 11 is 7.12. The number of hydrogen-bond acceptors (Lipinski definition) is 4. The Morgan fingerprint density at radius 3 is 2.90 bits per heavy atom. The Kier molecular flexibility index (Phi) is 5.76. The zero-order valence-corrected chi connectivity index (χ0v) is 13.1. The molecular formula is C15H16ClNO3S. The minimum Gasteiger partial charge on any atom is -0.386 e. The molecule has 0 aliphatic heterocycles. The number of ether oxygens (including phenoxy) is 1. The van der Waals surface area contributed by atoms with Gasteiger partial charge in [0.1, 0.15) is 6.10 Å². The first-order valence-electron chi connectivity index (χ1n) is 6.39. The number of carbonyl (C=O) groups excluding carboxylic acids is 1. The van der Waals surface area contributed by atoms with Crippen molar-refractivity contribution in [1.29, 1.82) is 0 Å². The van der Waals surface area contributed by atoms with Gasteiger partial charge in [0.25, 0.3) is 5.91 Å². The van der Waals surface area contributed by atoms with Crippen molar-refractivity contribution in [3.63, 3.8) is 0 Å². The van der Waals surface area contributed by atoms with E-state index in [4.69, 9.17) is 16.3 Å². The zero-order valence-electron chi connectivity index (χ0n) is 11.5. The number of halogens is 1. The van der Waals surface area contributed by atoms with Crippen LogP contribution in [-0.2, 0) is 11.3 Å². The number of aliphatic hydroxyl groups is 1. The molecule has 1 amide bonds. The van der Waals surface area contributed by atoms with Crippen molar-refractivity contribution < 1.29 is 14.6 Å². The molecule has 1 aromatic carbocycles. The predicted octanol–water partition coefficient (Wildman–Crippen LogP) is 3.01. The van der Waals surface area contributed by atoms with E-state index in [1.54, 1.807) is 37.4 Å². The van der Waals surface area contributed by atoms with E-state index < -0.39 is 6.10 Å². The maximum absolute atomic E-state index is 12.1. The van der Waals surface area contributed by atoms with Crippen LogP contribution in [-0.4, -0.2) is 24.7 Å². The highest BCUT2D eigenvalue weighted by molar-refractivity contribution is 7.16. The van der Waals surface area contributed by atoms with E-state index in [1.165, 1.54) is 11.3 Å². The summed E-state index contributed by atoms with van der Waals surface area (Å²) in [7, 11) is 1.61. The molecule has 112 valence electrons. The predicted molar refractivity (Wildman–Crippen MR) is 83.8 cm³/mol. The molecule has 0 saturated heterocycles. The van der Waals surface area contributed by atoms with Gasteiger partial charge >= 0.3 is 0 Å². The third kappa shape index (κ3) is 4.54. The third-order valence-corrected chi connectivity index (χ3v) is 4.21. The highest BCUT2D eigenvalue weighted by Crippen LogP contribution is 2.26. The molecule has 0 bridgehead atoms. The van der Waals surface area contributed by atoms with Crippen molar-refractivity contribution in [2.45, 2.75) is 12.7 Å². The van der Waals surface area contributed by atoms with Crippen LogP contribution < -0.4 is 5.32 Å². The van der Waals surface area contributed by atoms with Gasteiger partial charge in [-0.1, -0.05) is 23.7 Å². The molecule has 0 saturated carbocycles. The molecule has 4 nitrogen and oxygen atoms in total. The Morgan fingerprint density at radius 1 is 1.43 bits per heavy atom. The van der Waals surface area contributed by atoms with Gasteiger partial charge in [0, 0.05) is 24.1 Å². The summed E-state index contributed by atoms with van der Waals surface area (Å²) in [6, 6.07) is 10.7. The molecule has 2 N–H and O–H groups in total. The van der Waals surface area contributed by atoms with Crippen LogP contribution in [0.2, 0.25) is 4.34 Å². The number of amides is 1. The summed E-state index contributed by atoms with van der Waals surface area (Å²) in [6.07, 6.45) is -0.756. The van der Waals surface area contributed by atoms with Gasteiger partial charge in [0.15, 0.2) is 0 Å². The van der Waals surface area contributed by atoms with E-state index in [1.807, 2.05) is 6.07 Å². The second-order valence-electron chi connectivity index (χ2n) is 4.50. The Labute approximate surface area is 132 Å². The minimum atomic E-state index is -0.756. The summed E-state index contributed by atoms with van der Waals surface area (Å²) in [6.45, 7) is 0.599. The van der Waals surface area contributed by atoms with Crippen molar-refractivity contribution in [3.05, 3.63) is 56.7 Å². The van der Waals surface area contributed by atoms with Gasteiger partial charge in [-0.25, -0.2) is 0 Å². The van der Waals surface area contributed by atoms with Gasteiger partial charge in [0.05, 0.1) is 10.9 Å². The normalized spacial score (nSPS) is 12.1. The minimum absolute atomic E-state index is 0.143. The molecule has 1 heterocycles. The molecule has 0 unspecified atom stereocenters.